The van der Waals surface area contributed by atoms with Crippen molar-refractivity contribution < 1.29 is 13.2 Å². The van der Waals surface area contributed by atoms with Gasteiger partial charge in [-0.3, -0.25) is 9.52 Å². The van der Waals surface area contributed by atoms with E-state index in [1.165, 1.54) is 42.6 Å². The molecule has 3 aromatic carbocycles. The molecule has 0 spiro atoms. The normalized spacial score (nSPS) is 11.4. The van der Waals surface area contributed by atoms with E-state index >= 15 is 0 Å². The van der Waals surface area contributed by atoms with Crippen molar-refractivity contribution in [2.75, 3.05) is 4.72 Å². The fraction of sp³-hybridized carbons (Fsp3) is 0. The number of amides is 1. The molecule has 148 valence electrons. The van der Waals surface area contributed by atoms with Crippen LogP contribution in [0.15, 0.2) is 82.8 Å². The van der Waals surface area contributed by atoms with Crippen LogP contribution in [0.3, 0.4) is 0 Å². The van der Waals surface area contributed by atoms with Gasteiger partial charge in [-0.2, -0.15) is 5.10 Å². The molecule has 0 bridgehead atoms. The monoisotopic (exact) mass is 447 g/mol. The molecule has 29 heavy (non-hydrogen) atoms. The number of nitrogens with zero attached hydrogens (tertiary/aromatic N) is 1. The van der Waals surface area contributed by atoms with E-state index in [2.05, 4.69) is 15.2 Å². The summed E-state index contributed by atoms with van der Waals surface area (Å²) >= 11 is 12.1. The van der Waals surface area contributed by atoms with Gasteiger partial charge in [0.25, 0.3) is 15.9 Å². The number of sulfonamides is 1. The fourth-order valence-electron chi connectivity index (χ4n) is 2.36. The standard InChI is InChI=1S/C20H15Cl2N3O3S/c21-18-7-4-8-19(22)17(18)13-23-24-20(26)14-9-11-15(12-10-14)25-29(27,28)16-5-2-1-3-6-16/h1-13,25H,(H,24,26). The Morgan fingerprint density at radius 2 is 1.48 bits per heavy atom. The molecule has 0 aliphatic carbocycles. The lowest BCUT2D eigenvalue weighted by atomic mass is 10.2. The van der Waals surface area contributed by atoms with E-state index in [0.29, 0.717) is 26.9 Å². The van der Waals surface area contributed by atoms with E-state index in [0.717, 1.165) is 0 Å². The van der Waals surface area contributed by atoms with E-state index in [9.17, 15) is 13.2 Å². The Morgan fingerprint density at radius 1 is 0.862 bits per heavy atom. The predicted octanol–water partition coefficient (Wildman–Crippen LogP) is 4.56. The second-order valence-electron chi connectivity index (χ2n) is 5.83. The second-order valence-corrected chi connectivity index (χ2v) is 8.33. The third kappa shape index (κ3) is 5.35. The first-order valence-corrected chi connectivity index (χ1v) is 10.6. The number of carbonyl (C=O) groups excluding carboxylic acids is 1. The Kier molecular flexibility index (Phi) is 6.53. The van der Waals surface area contributed by atoms with E-state index in [4.69, 9.17) is 23.2 Å². The highest BCUT2D eigenvalue weighted by molar-refractivity contribution is 7.92. The maximum absolute atomic E-state index is 12.3. The molecule has 0 unspecified atom stereocenters. The van der Waals surface area contributed by atoms with E-state index < -0.39 is 15.9 Å². The van der Waals surface area contributed by atoms with Crippen LogP contribution in [0.5, 0.6) is 0 Å². The molecule has 3 rings (SSSR count). The zero-order valence-corrected chi connectivity index (χ0v) is 17.2. The highest BCUT2D eigenvalue weighted by atomic mass is 35.5. The number of rotatable bonds is 6. The van der Waals surface area contributed by atoms with Gasteiger partial charge in [-0.15, -0.1) is 0 Å². The summed E-state index contributed by atoms with van der Waals surface area (Å²) in [7, 11) is -3.70. The Hall–Kier alpha value is -2.87. The summed E-state index contributed by atoms with van der Waals surface area (Å²) in [5.74, 6) is -0.470. The van der Waals surface area contributed by atoms with Gasteiger partial charge in [0.05, 0.1) is 21.2 Å². The van der Waals surface area contributed by atoms with Gasteiger partial charge in [-0.1, -0.05) is 47.5 Å². The molecule has 1 amide bonds. The summed E-state index contributed by atoms with van der Waals surface area (Å²) in [6.07, 6.45) is 1.35. The maximum Gasteiger partial charge on any atom is 0.271 e. The third-order valence-electron chi connectivity index (χ3n) is 3.81. The SMILES string of the molecule is O=C(NN=Cc1c(Cl)cccc1Cl)c1ccc(NS(=O)(=O)c2ccccc2)cc1. The molecule has 0 atom stereocenters. The molecule has 0 fully saturated rings. The zero-order chi connectivity index (χ0) is 20.9. The number of carbonyl (C=O) groups is 1. The first-order chi connectivity index (χ1) is 13.9. The van der Waals surface area contributed by atoms with Crippen LogP contribution in [0.25, 0.3) is 0 Å². The Labute approximate surface area is 178 Å². The zero-order valence-electron chi connectivity index (χ0n) is 14.8. The molecular formula is C20H15Cl2N3O3S. The van der Waals surface area contributed by atoms with Crippen molar-refractivity contribution >= 4 is 51.0 Å². The lowest BCUT2D eigenvalue weighted by Gasteiger charge is -2.08. The van der Waals surface area contributed by atoms with Crippen LogP contribution in [-0.2, 0) is 10.0 Å². The van der Waals surface area contributed by atoms with Crippen molar-refractivity contribution in [3.8, 4) is 0 Å². The van der Waals surface area contributed by atoms with Crippen LogP contribution in [0.1, 0.15) is 15.9 Å². The largest absolute Gasteiger partial charge is 0.280 e. The summed E-state index contributed by atoms with van der Waals surface area (Å²) in [6.45, 7) is 0. The summed E-state index contributed by atoms with van der Waals surface area (Å²) in [5, 5.41) is 4.67. The molecule has 3 aromatic rings. The van der Waals surface area contributed by atoms with Crippen LogP contribution in [-0.4, -0.2) is 20.5 Å². The molecule has 9 heteroatoms. The summed E-state index contributed by atoms with van der Waals surface area (Å²) in [4.78, 5) is 12.3. The molecule has 0 saturated carbocycles. The van der Waals surface area contributed by atoms with Gasteiger partial charge >= 0.3 is 0 Å². The van der Waals surface area contributed by atoms with Gasteiger partial charge in [-0.25, -0.2) is 13.8 Å². The number of halogens is 2. The molecule has 0 aromatic heterocycles. The molecule has 0 radical (unpaired) electrons. The van der Waals surface area contributed by atoms with Gasteiger partial charge in [0.2, 0.25) is 0 Å². The molecule has 0 aliphatic heterocycles. The van der Waals surface area contributed by atoms with E-state index in [-0.39, 0.29) is 4.90 Å². The molecule has 0 saturated heterocycles. The number of hydrogen-bond acceptors (Lipinski definition) is 4. The minimum Gasteiger partial charge on any atom is -0.280 e. The fourth-order valence-corrected chi connectivity index (χ4v) is 3.93. The Morgan fingerprint density at radius 3 is 2.10 bits per heavy atom. The van der Waals surface area contributed by atoms with Gasteiger partial charge in [-0.05, 0) is 48.5 Å². The summed E-state index contributed by atoms with van der Waals surface area (Å²) < 4.78 is 27.1. The molecule has 6 nitrogen and oxygen atoms in total. The van der Waals surface area contributed by atoms with Crippen molar-refractivity contribution in [3.63, 3.8) is 0 Å². The van der Waals surface area contributed by atoms with Crippen LogP contribution < -0.4 is 10.1 Å². The van der Waals surface area contributed by atoms with E-state index in [1.54, 1.807) is 36.4 Å². The minimum absolute atomic E-state index is 0.148. The van der Waals surface area contributed by atoms with Gasteiger partial charge in [0.15, 0.2) is 0 Å². The highest BCUT2D eigenvalue weighted by Crippen LogP contribution is 2.22. The Bertz CT molecular complexity index is 1130. The summed E-state index contributed by atoms with van der Waals surface area (Å²) in [5.41, 5.74) is 3.49. The summed E-state index contributed by atoms with van der Waals surface area (Å²) in [6, 6.07) is 19.0. The smallest absolute Gasteiger partial charge is 0.271 e. The number of hydrazone groups is 1. The number of nitrogens with one attached hydrogen (secondary N) is 2. The van der Waals surface area contributed by atoms with E-state index in [1.807, 2.05) is 0 Å². The first-order valence-electron chi connectivity index (χ1n) is 8.32. The minimum atomic E-state index is -3.70. The molecule has 0 aliphatic rings. The lowest BCUT2D eigenvalue weighted by molar-refractivity contribution is 0.0955. The lowest BCUT2D eigenvalue weighted by Crippen LogP contribution is -2.18. The van der Waals surface area contributed by atoms with Crippen LogP contribution in [0.4, 0.5) is 5.69 Å². The molecular weight excluding hydrogens is 433 g/mol. The van der Waals surface area contributed by atoms with Crippen LogP contribution in [0.2, 0.25) is 10.0 Å². The van der Waals surface area contributed by atoms with Crippen molar-refractivity contribution in [3.05, 3.63) is 94.0 Å². The number of anilines is 1. The maximum atomic E-state index is 12.3. The second kappa shape index (κ2) is 9.09. The molecule has 2 N–H and O–H groups in total. The number of hydrogen-bond donors (Lipinski definition) is 2. The predicted molar refractivity (Wildman–Crippen MR) is 115 cm³/mol. The molecule has 0 heterocycles. The topological polar surface area (TPSA) is 87.6 Å². The Balaban J connectivity index is 1.65. The average Bonchev–Trinajstić information content (AvgIpc) is 2.71. The third-order valence-corrected chi connectivity index (χ3v) is 5.87. The van der Waals surface area contributed by atoms with Crippen LogP contribution >= 0.6 is 23.2 Å². The van der Waals surface area contributed by atoms with Crippen LogP contribution in [0, 0.1) is 0 Å². The van der Waals surface area contributed by atoms with Gasteiger partial charge < -0.3 is 0 Å². The quantitative estimate of drug-likeness (QED) is 0.428. The van der Waals surface area contributed by atoms with Crippen molar-refractivity contribution in [1.82, 2.24) is 5.43 Å². The van der Waals surface area contributed by atoms with Crippen molar-refractivity contribution in [2.45, 2.75) is 4.90 Å². The van der Waals surface area contributed by atoms with Crippen molar-refractivity contribution in [1.29, 1.82) is 0 Å². The van der Waals surface area contributed by atoms with Gasteiger partial charge in [0, 0.05) is 16.8 Å². The van der Waals surface area contributed by atoms with Crippen molar-refractivity contribution in [2.24, 2.45) is 5.10 Å². The van der Waals surface area contributed by atoms with Gasteiger partial charge in [0.1, 0.15) is 0 Å². The first kappa shape index (κ1) is 20.9. The number of benzene rings is 3. The highest BCUT2D eigenvalue weighted by Gasteiger charge is 2.13. The average molecular weight is 448 g/mol.